The highest BCUT2D eigenvalue weighted by Gasteiger charge is 2.62. The van der Waals surface area contributed by atoms with Gasteiger partial charge in [-0.05, 0) is 42.7 Å². The van der Waals surface area contributed by atoms with Crippen LogP contribution in [0.3, 0.4) is 0 Å². The Balaban J connectivity index is 1.78. The van der Waals surface area contributed by atoms with Crippen LogP contribution in [-0.4, -0.2) is 12.1 Å². The Morgan fingerprint density at radius 3 is 2.42 bits per heavy atom. The van der Waals surface area contributed by atoms with Crippen LogP contribution in [-0.2, 0) is 4.74 Å². The molecule has 0 spiro atoms. The SMILES string of the molecule is CC1(C)[C@@H]2CC[C@]1(C)[C@H](OC(=O)c1ccccc1)C2. The molecule has 2 bridgehead atoms. The van der Waals surface area contributed by atoms with Crippen molar-refractivity contribution in [3.8, 4) is 0 Å². The third-order valence-corrected chi connectivity index (χ3v) is 5.97. The first-order valence-electron chi connectivity index (χ1n) is 7.21. The van der Waals surface area contributed by atoms with Crippen molar-refractivity contribution in [2.45, 2.75) is 46.1 Å². The van der Waals surface area contributed by atoms with E-state index in [-0.39, 0.29) is 22.9 Å². The molecule has 1 aromatic rings. The van der Waals surface area contributed by atoms with Gasteiger partial charge >= 0.3 is 5.97 Å². The second kappa shape index (κ2) is 4.09. The van der Waals surface area contributed by atoms with Gasteiger partial charge in [-0.3, -0.25) is 0 Å². The highest BCUT2D eigenvalue weighted by atomic mass is 16.5. The van der Waals surface area contributed by atoms with Crippen LogP contribution >= 0.6 is 0 Å². The maximum Gasteiger partial charge on any atom is 0.338 e. The Morgan fingerprint density at radius 2 is 1.89 bits per heavy atom. The maximum atomic E-state index is 12.2. The van der Waals surface area contributed by atoms with Crippen LogP contribution in [0.4, 0.5) is 0 Å². The van der Waals surface area contributed by atoms with Gasteiger partial charge in [-0.2, -0.15) is 0 Å². The number of carbonyl (C=O) groups excluding carboxylic acids is 1. The molecule has 2 fully saturated rings. The Hall–Kier alpha value is -1.31. The van der Waals surface area contributed by atoms with Crippen LogP contribution in [0.25, 0.3) is 0 Å². The fourth-order valence-electron chi connectivity index (χ4n) is 4.08. The van der Waals surface area contributed by atoms with Crippen molar-refractivity contribution in [2.75, 3.05) is 0 Å². The first-order valence-corrected chi connectivity index (χ1v) is 7.21. The number of hydrogen-bond acceptors (Lipinski definition) is 2. The van der Waals surface area contributed by atoms with Gasteiger partial charge in [0.15, 0.2) is 0 Å². The second-order valence-corrected chi connectivity index (χ2v) is 6.87. The number of ether oxygens (including phenoxy) is 1. The molecule has 19 heavy (non-hydrogen) atoms. The van der Waals surface area contributed by atoms with Gasteiger partial charge in [-0.1, -0.05) is 39.0 Å². The zero-order valence-corrected chi connectivity index (χ0v) is 12.0. The Bertz CT molecular complexity index is 491. The van der Waals surface area contributed by atoms with Crippen molar-refractivity contribution in [2.24, 2.45) is 16.7 Å². The normalized spacial score (nSPS) is 35.3. The van der Waals surface area contributed by atoms with Crippen molar-refractivity contribution in [1.82, 2.24) is 0 Å². The lowest BCUT2D eigenvalue weighted by Crippen LogP contribution is -2.38. The molecule has 3 rings (SSSR count). The zero-order valence-electron chi connectivity index (χ0n) is 12.0. The zero-order chi connectivity index (χ0) is 13.7. The molecule has 2 heteroatoms. The van der Waals surface area contributed by atoms with E-state index in [1.165, 1.54) is 12.8 Å². The molecule has 0 unspecified atom stereocenters. The fraction of sp³-hybridized carbons (Fsp3) is 0.588. The number of fused-ring (bicyclic) bond motifs is 2. The van der Waals surface area contributed by atoms with Gasteiger partial charge in [0.2, 0.25) is 0 Å². The summed E-state index contributed by atoms with van der Waals surface area (Å²) in [4.78, 5) is 12.2. The maximum absolute atomic E-state index is 12.2. The topological polar surface area (TPSA) is 26.3 Å². The lowest BCUT2D eigenvalue weighted by molar-refractivity contribution is -0.0242. The monoisotopic (exact) mass is 258 g/mol. The molecule has 2 nitrogen and oxygen atoms in total. The van der Waals surface area contributed by atoms with E-state index in [1.54, 1.807) is 0 Å². The number of esters is 1. The van der Waals surface area contributed by atoms with Crippen molar-refractivity contribution in [3.05, 3.63) is 35.9 Å². The molecule has 102 valence electrons. The third kappa shape index (κ3) is 1.73. The average molecular weight is 258 g/mol. The molecular weight excluding hydrogens is 236 g/mol. The Labute approximate surface area is 115 Å². The summed E-state index contributed by atoms with van der Waals surface area (Å²) in [6, 6.07) is 9.32. The van der Waals surface area contributed by atoms with E-state index in [4.69, 9.17) is 4.74 Å². The molecule has 0 radical (unpaired) electrons. The Morgan fingerprint density at radius 1 is 1.21 bits per heavy atom. The third-order valence-electron chi connectivity index (χ3n) is 5.97. The highest BCUT2D eigenvalue weighted by molar-refractivity contribution is 5.89. The molecule has 0 amide bonds. The minimum absolute atomic E-state index is 0.0777. The second-order valence-electron chi connectivity index (χ2n) is 6.87. The van der Waals surface area contributed by atoms with E-state index in [1.807, 2.05) is 30.3 Å². The average Bonchev–Trinajstić information content (AvgIpc) is 2.73. The van der Waals surface area contributed by atoms with Crippen LogP contribution < -0.4 is 0 Å². The van der Waals surface area contributed by atoms with Crippen molar-refractivity contribution in [3.63, 3.8) is 0 Å². The van der Waals surface area contributed by atoms with E-state index in [2.05, 4.69) is 20.8 Å². The molecule has 2 saturated carbocycles. The lowest BCUT2D eigenvalue weighted by Gasteiger charge is -2.38. The van der Waals surface area contributed by atoms with Crippen LogP contribution in [0, 0.1) is 16.7 Å². The molecule has 0 saturated heterocycles. The lowest BCUT2D eigenvalue weighted by atomic mass is 9.70. The van der Waals surface area contributed by atoms with Gasteiger partial charge in [0, 0.05) is 5.41 Å². The Kier molecular flexibility index (Phi) is 2.74. The van der Waals surface area contributed by atoms with Crippen LogP contribution in [0.2, 0.25) is 0 Å². The first kappa shape index (κ1) is 12.7. The molecule has 0 aromatic heterocycles. The van der Waals surface area contributed by atoms with Gasteiger partial charge < -0.3 is 4.74 Å². The largest absolute Gasteiger partial charge is 0.458 e. The van der Waals surface area contributed by atoms with Crippen molar-refractivity contribution >= 4 is 5.97 Å². The molecular formula is C17H22O2. The minimum atomic E-state index is -0.171. The van der Waals surface area contributed by atoms with Gasteiger partial charge in [-0.15, -0.1) is 0 Å². The molecule has 0 aliphatic heterocycles. The van der Waals surface area contributed by atoms with Crippen LogP contribution in [0.5, 0.6) is 0 Å². The standard InChI is InChI=1S/C17H22O2/c1-16(2)13-9-10-17(16,3)14(11-13)19-15(18)12-7-5-4-6-8-12/h4-8,13-14H,9-11H2,1-3H3/t13-,14-,17-/m1/s1. The van der Waals surface area contributed by atoms with Crippen LogP contribution in [0.1, 0.15) is 50.4 Å². The first-order chi connectivity index (χ1) is 8.95. The summed E-state index contributed by atoms with van der Waals surface area (Å²) in [5.74, 6) is 0.529. The molecule has 1 aromatic carbocycles. The quantitative estimate of drug-likeness (QED) is 0.748. The predicted molar refractivity (Wildman–Crippen MR) is 74.9 cm³/mol. The summed E-state index contributed by atoms with van der Waals surface area (Å²) in [5.41, 5.74) is 1.09. The molecule has 2 aliphatic rings. The van der Waals surface area contributed by atoms with E-state index >= 15 is 0 Å². The minimum Gasteiger partial charge on any atom is -0.458 e. The number of benzene rings is 1. The number of carbonyl (C=O) groups is 1. The number of rotatable bonds is 2. The van der Waals surface area contributed by atoms with Gasteiger partial charge in [0.1, 0.15) is 6.10 Å². The van der Waals surface area contributed by atoms with Gasteiger partial charge in [0.25, 0.3) is 0 Å². The summed E-state index contributed by atoms with van der Waals surface area (Å²) in [6.07, 6.45) is 3.57. The van der Waals surface area contributed by atoms with Gasteiger partial charge in [0.05, 0.1) is 5.56 Å². The van der Waals surface area contributed by atoms with Crippen molar-refractivity contribution < 1.29 is 9.53 Å². The van der Waals surface area contributed by atoms with Gasteiger partial charge in [-0.25, -0.2) is 4.79 Å². The summed E-state index contributed by atoms with van der Waals surface area (Å²) >= 11 is 0. The fourth-order valence-corrected chi connectivity index (χ4v) is 4.08. The molecule has 0 heterocycles. The summed E-state index contributed by atoms with van der Waals surface area (Å²) < 4.78 is 5.83. The van der Waals surface area contributed by atoms with E-state index in [0.717, 1.165) is 6.42 Å². The molecule has 0 N–H and O–H groups in total. The molecule has 3 atom stereocenters. The van der Waals surface area contributed by atoms with E-state index in [9.17, 15) is 4.79 Å². The predicted octanol–water partition coefficient (Wildman–Crippen LogP) is 4.06. The van der Waals surface area contributed by atoms with E-state index in [0.29, 0.717) is 11.5 Å². The van der Waals surface area contributed by atoms with E-state index < -0.39 is 0 Å². The van der Waals surface area contributed by atoms with Crippen LogP contribution in [0.15, 0.2) is 30.3 Å². The summed E-state index contributed by atoms with van der Waals surface area (Å²) in [7, 11) is 0. The summed E-state index contributed by atoms with van der Waals surface area (Å²) in [6.45, 7) is 6.96. The number of hydrogen-bond donors (Lipinski definition) is 0. The molecule has 2 aliphatic carbocycles. The van der Waals surface area contributed by atoms with Crippen molar-refractivity contribution in [1.29, 1.82) is 0 Å². The summed E-state index contributed by atoms with van der Waals surface area (Å²) in [5, 5.41) is 0. The smallest absolute Gasteiger partial charge is 0.338 e. The highest BCUT2D eigenvalue weighted by Crippen LogP contribution is 2.66.